The molecule has 0 aliphatic carbocycles. The highest BCUT2D eigenvalue weighted by Gasteiger charge is 2.17. The van der Waals surface area contributed by atoms with Crippen molar-refractivity contribution in [3.8, 4) is 5.75 Å². The molecule has 0 radical (unpaired) electrons. The van der Waals surface area contributed by atoms with Gasteiger partial charge in [0.05, 0.1) is 17.8 Å². The molecule has 28 heavy (non-hydrogen) atoms. The minimum Gasteiger partial charge on any atom is -0.497 e. The lowest BCUT2D eigenvalue weighted by Crippen LogP contribution is -2.31. The number of sulfonamides is 2. The maximum absolute atomic E-state index is 12.5. The first-order valence-electron chi connectivity index (χ1n) is 8.74. The summed E-state index contributed by atoms with van der Waals surface area (Å²) in [6, 6.07) is 11.4. The third-order valence-corrected chi connectivity index (χ3v) is 7.04. The standard InChI is InChI=1S/C19H26N2O5S2/c1-14(2)21-27(22,23)13-17-7-5-16(6-8-17)12-20-28(24,25)19-10-9-18(26-4)11-15(19)3/h5-11,14,20-21H,12-13H2,1-4H3. The van der Waals surface area contributed by atoms with Crippen LogP contribution in [0.3, 0.4) is 0 Å². The smallest absolute Gasteiger partial charge is 0.241 e. The molecule has 0 spiro atoms. The van der Waals surface area contributed by atoms with Crippen molar-refractivity contribution in [1.29, 1.82) is 0 Å². The fourth-order valence-corrected chi connectivity index (χ4v) is 5.36. The van der Waals surface area contributed by atoms with E-state index < -0.39 is 20.0 Å². The zero-order valence-electron chi connectivity index (χ0n) is 16.4. The fourth-order valence-electron chi connectivity index (χ4n) is 2.68. The van der Waals surface area contributed by atoms with Crippen LogP contribution in [0.4, 0.5) is 0 Å². The summed E-state index contributed by atoms with van der Waals surface area (Å²) in [6.07, 6.45) is 0. The topological polar surface area (TPSA) is 102 Å². The number of hydrogen-bond acceptors (Lipinski definition) is 5. The van der Waals surface area contributed by atoms with Gasteiger partial charge in [0.15, 0.2) is 0 Å². The SMILES string of the molecule is COc1ccc(S(=O)(=O)NCc2ccc(CS(=O)(=O)NC(C)C)cc2)c(C)c1. The van der Waals surface area contributed by atoms with Crippen molar-refractivity contribution in [3.63, 3.8) is 0 Å². The molecule has 0 aliphatic rings. The Kier molecular flexibility index (Phi) is 7.22. The summed E-state index contributed by atoms with van der Waals surface area (Å²) in [5.74, 6) is 0.469. The Morgan fingerprint density at radius 3 is 2.11 bits per heavy atom. The first-order chi connectivity index (χ1) is 13.0. The highest BCUT2D eigenvalue weighted by Crippen LogP contribution is 2.21. The van der Waals surface area contributed by atoms with Gasteiger partial charge in [-0.1, -0.05) is 24.3 Å². The molecular weight excluding hydrogens is 400 g/mol. The molecule has 0 amide bonds. The number of methoxy groups -OCH3 is 1. The van der Waals surface area contributed by atoms with Crippen LogP contribution in [0.5, 0.6) is 5.75 Å². The Bertz CT molecular complexity index is 1010. The van der Waals surface area contributed by atoms with Crippen LogP contribution in [-0.4, -0.2) is 30.0 Å². The van der Waals surface area contributed by atoms with Crippen LogP contribution >= 0.6 is 0 Å². The third-order valence-electron chi connectivity index (χ3n) is 3.93. The van der Waals surface area contributed by atoms with Crippen LogP contribution < -0.4 is 14.2 Å². The number of benzene rings is 2. The summed E-state index contributed by atoms with van der Waals surface area (Å²) < 4.78 is 59.2. The van der Waals surface area contributed by atoms with Crippen molar-refractivity contribution < 1.29 is 21.6 Å². The molecule has 0 saturated heterocycles. The van der Waals surface area contributed by atoms with Crippen molar-refractivity contribution in [3.05, 3.63) is 59.2 Å². The van der Waals surface area contributed by atoms with E-state index >= 15 is 0 Å². The molecular formula is C19H26N2O5S2. The van der Waals surface area contributed by atoms with E-state index in [0.29, 0.717) is 16.9 Å². The lowest BCUT2D eigenvalue weighted by Gasteiger charge is -2.12. The molecule has 0 bridgehead atoms. The highest BCUT2D eigenvalue weighted by atomic mass is 32.2. The first kappa shape index (κ1) is 22.4. The molecule has 2 aromatic rings. The lowest BCUT2D eigenvalue weighted by molar-refractivity contribution is 0.414. The van der Waals surface area contributed by atoms with Crippen LogP contribution in [0.25, 0.3) is 0 Å². The van der Waals surface area contributed by atoms with Crippen molar-refractivity contribution >= 4 is 20.0 Å². The van der Waals surface area contributed by atoms with E-state index in [0.717, 1.165) is 5.56 Å². The summed E-state index contributed by atoms with van der Waals surface area (Å²) >= 11 is 0. The van der Waals surface area contributed by atoms with Crippen molar-refractivity contribution in [2.24, 2.45) is 0 Å². The summed E-state index contributed by atoms with van der Waals surface area (Å²) in [4.78, 5) is 0.191. The zero-order valence-corrected chi connectivity index (χ0v) is 18.0. The van der Waals surface area contributed by atoms with Crippen LogP contribution in [-0.2, 0) is 32.3 Å². The Balaban J connectivity index is 2.05. The number of ether oxygens (including phenoxy) is 1. The molecule has 2 N–H and O–H groups in total. The third kappa shape index (κ3) is 6.30. The van der Waals surface area contributed by atoms with E-state index in [2.05, 4.69) is 9.44 Å². The van der Waals surface area contributed by atoms with E-state index in [-0.39, 0.29) is 23.2 Å². The summed E-state index contributed by atoms with van der Waals surface area (Å²) in [5.41, 5.74) is 1.95. The minimum atomic E-state index is -3.68. The number of aryl methyl sites for hydroxylation is 1. The molecule has 9 heteroatoms. The molecule has 7 nitrogen and oxygen atoms in total. The molecule has 0 saturated carbocycles. The van der Waals surface area contributed by atoms with E-state index in [1.54, 1.807) is 57.2 Å². The molecule has 0 aliphatic heterocycles. The Hall–Kier alpha value is -1.94. The first-order valence-corrected chi connectivity index (χ1v) is 11.9. The Morgan fingerprint density at radius 1 is 0.964 bits per heavy atom. The molecule has 154 valence electrons. The lowest BCUT2D eigenvalue weighted by atomic mass is 10.1. The Morgan fingerprint density at radius 2 is 1.57 bits per heavy atom. The monoisotopic (exact) mass is 426 g/mol. The second-order valence-electron chi connectivity index (χ2n) is 6.80. The highest BCUT2D eigenvalue weighted by molar-refractivity contribution is 7.89. The van der Waals surface area contributed by atoms with Gasteiger partial charge in [-0.2, -0.15) is 0 Å². The quantitative estimate of drug-likeness (QED) is 0.641. The van der Waals surface area contributed by atoms with Gasteiger partial charge in [0.2, 0.25) is 20.0 Å². The zero-order chi connectivity index (χ0) is 20.9. The van der Waals surface area contributed by atoms with Crippen LogP contribution in [0.15, 0.2) is 47.4 Å². The van der Waals surface area contributed by atoms with E-state index in [1.807, 2.05) is 0 Å². The summed E-state index contributed by atoms with van der Waals surface area (Å²) in [6.45, 7) is 5.33. The molecule has 0 fully saturated rings. The van der Waals surface area contributed by atoms with Crippen LogP contribution in [0, 0.1) is 6.92 Å². The van der Waals surface area contributed by atoms with Gasteiger partial charge < -0.3 is 4.74 Å². The fraction of sp³-hybridized carbons (Fsp3) is 0.368. The normalized spacial score (nSPS) is 12.3. The molecule has 0 atom stereocenters. The van der Waals surface area contributed by atoms with Gasteiger partial charge >= 0.3 is 0 Å². The number of hydrogen-bond donors (Lipinski definition) is 2. The average molecular weight is 427 g/mol. The minimum absolute atomic E-state index is 0.102. The predicted molar refractivity (Wildman–Crippen MR) is 109 cm³/mol. The van der Waals surface area contributed by atoms with Crippen molar-refractivity contribution in [1.82, 2.24) is 9.44 Å². The van der Waals surface area contributed by atoms with Crippen molar-refractivity contribution in [2.75, 3.05) is 7.11 Å². The molecule has 0 heterocycles. The van der Waals surface area contributed by atoms with Gasteiger partial charge in [-0.05, 0) is 55.7 Å². The van der Waals surface area contributed by atoms with Gasteiger partial charge in [-0.15, -0.1) is 0 Å². The van der Waals surface area contributed by atoms with Gasteiger partial charge in [-0.25, -0.2) is 26.3 Å². The maximum Gasteiger partial charge on any atom is 0.241 e. The van der Waals surface area contributed by atoms with Gasteiger partial charge in [0.1, 0.15) is 5.75 Å². The maximum atomic E-state index is 12.5. The second-order valence-corrected chi connectivity index (χ2v) is 10.3. The van der Waals surface area contributed by atoms with E-state index in [9.17, 15) is 16.8 Å². The second kappa shape index (κ2) is 9.04. The Labute approximate surface area is 167 Å². The largest absolute Gasteiger partial charge is 0.497 e. The van der Waals surface area contributed by atoms with Gasteiger partial charge in [0.25, 0.3) is 0 Å². The molecule has 0 unspecified atom stereocenters. The predicted octanol–water partition coefficient (Wildman–Crippen LogP) is 2.31. The number of rotatable bonds is 9. The van der Waals surface area contributed by atoms with Crippen LogP contribution in [0.2, 0.25) is 0 Å². The summed E-state index contributed by atoms with van der Waals surface area (Å²) in [7, 11) is -5.56. The van der Waals surface area contributed by atoms with Crippen LogP contribution in [0.1, 0.15) is 30.5 Å². The number of nitrogens with one attached hydrogen (secondary N) is 2. The van der Waals surface area contributed by atoms with Crippen molar-refractivity contribution in [2.45, 2.75) is 44.0 Å². The van der Waals surface area contributed by atoms with E-state index in [1.165, 1.54) is 13.2 Å². The molecule has 2 rings (SSSR count). The molecule has 0 aromatic heterocycles. The van der Waals surface area contributed by atoms with Gasteiger partial charge in [-0.3, -0.25) is 0 Å². The average Bonchev–Trinajstić information content (AvgIpc) is 2.59. The van der Waals surface area contributed by atoms with E-state index in [4.69, 9.17) is 4.74 Å². The molecule has 2 aromatic carbocycles. The van der Waals surface area contributed by atoms with Gasteiger partial charge in [0, 0.05) is 12.6 Å². The summed E-state index contributed by atoms with van der Waals surface area (Å²) in [5, 5.41) is 0.